The van der Waals surface area contributed by atoms with E-state index in [9.17, 15) is 4.39 Å². The van der Waals surface area contributed by atoms with Crippen LogP contribution in [0.2, 0.25) is 5.02 Å². The summed E-state index contributed by atoms with van der Waals surface area (Å²) in [6.45, 7) is 2.16. The molecule has 0 spiro atoms. The Balaban J connectivity index is 2.91. The minimum atomic E-state index is -0.379. The van der Waals surface area contributed by atoms with E-state index in [0.717, 1.165) is 0 Å². The van der Waals surface area contributed by atoms with Gasteiger partial charge >= 0.3 is 0 Å². The van der Waals surface area contributed by atoms with Crippen molar-refractivity contribution >= 4 is 11.6 Å². The van der Waals surface area contributed by atoms with Gasteiger partial charge in [0.1, 0.15) is 5.82 Å². The highest BCUT2D eigenvalue weighted by atomic mass is 35.5. The van der Waals surface area contributed by atoms with Crippen LogP contribution in [0.3, 0.4) is 0 Å². The first-order chi connectivity index (χ1) is 7.56. The fourth-order valence-corrected chi connectivity index (χ4v) is 1.66. The molecule has 0 bridgehead atoms. The molecule has 0 aliphatic carbocycles. The van der Waals surface area contributed by atoms with Crippen molar-refractivity contribution in [2.75, 3.05) is 6.54 Å². The van der Waals surface area contributed by atoms with Gasteiger partial charge in [-0.2, -0.15) is 0 Å². The molecule has 4 heteroatoms. The lowest BCUT2D eigenvalue weighted by Crippen LogP contribution is -2.34. The van der Waals surface area contributed by atoms with Crippen molar-refractivity contribution in [1.82, 2.24) is 5.32 Å². The number of halogens is 2. The molecule has 0 saturated carbocycles. The highest BCUT2D eigenvalue weighted by Gasteiger charge is 2.13. The van der Waals surface area contributed by atoms with Gasteiger partial charge in [-0.25, -0.2) is 4.39 Å². The van der Waals surface area contributed by atoms with Gasteiger partial charge in [-0.15, -0.1) is 6.42 Å². The first kappa shape index (κ1) is 13.0. The van der Waals surface area contributed by atoms with Crippen LogP contribution in [-0.2, 0) is 0 Å². The lowest BCUT2D eigenvalue weighted by molar-refractivity contribution is 0.514. The van der Waals surface area contributed by atoms with Crippen LogP contribution in [0.5, 0.6) is 0 Å². The maximum atomic E-state index is 13.2. The zero-order valence-electron chi connectivity index (χ0n) is 9.00. The van der Waals surface area contributed by atoms with E-state index < -0.39 is 0 Å². The molecular formula is C12H14ClFN2. The number of benzene rings is 1. The van der Waals surface area contributed by atoms with Crippen LogP contribution in [0.25, 0.3) is 0 Å². The number of nitrogens with two attached hydrogens (primary N) is 1. The molecule has 3 N–H and O–H groups in total. The molecule has 2 unspecified atom stereocenters. The van der Waals surface area contributed by atoms with Crippen molar-refractivity contribution in [2.45, 2.75) is 19.0 Å². The highest BCUT2D eigenvalue weighted by Crippen LogP contribution is 2.19. The van der Waals surface area contributed by atoms with Gasteiger partial charge in [0, 0.05) is 17.6 Å². The molecule has 0 aliphatic rings. The van der Waals surface area contributed by atoms with Gasteiger partial charge in [-0.1, -0.05) is 17.5 Å². The Morgan fingerprint density at radius 1 is 1.56 bits per heavy atom. The zero-order chi connectivity index (χ0) is 12.1. The van der Waals surface area contributed by atoms with Gasteiger partial charge in [-0.3, -0.25) is 5.32 Å². The molecule has 0 amide bonds. The third-order valence-electron chi connectivity index (χ3n) is 2.22. The second-order valence-electron chi connectivity index (χ2n) is 3.55. The van der Waals surface area contributed by atoms with Gasteiger partial charge in [0.15, 0.2) is 0 Å². The number of hydrogen-bond donors (Lipinski definition) is 2. The zero-order valence-corrected chi connectivity index (χ0v) is 9.76. The fourth-order valence-electron chi connectivity index (χ4n) is 1.43. The number of terminal acetylenes is 1. The molecule has 0 fully saturated rings. The summed E-state index contributed by atoms with van der Waals surface area (Å²) < 4.78 is 13.2. The molecule has 0 heterocycles. The number of nitrogens with one attached hydrogen (secondary N) is 1. The van der Waals surface area contributed by atoms with Gasteiger partial charge in [0.05, 0.1) is 6.04 Å². The Labute approximate surface area is 100.0 Å². The molecule has 1 aromatic rings. The van der Waals surface area contributed by atoms with Crippen LogP contribution in [0.15, 0.2) is 18.2 Å². The molecular weight excluding hydrogens is 227 g/mol. The second kappa shape index (κ2) is 5.86. The van der Waals surface area contributed by atoms with Crippen LogP contribution < -0.4 is 11.1 Å². The van der Waals surface area contributed by atoms with Crippen LogP contribution in [0.4, 0.5) is 4.39 Å². The normalized spacial score (nSPS) is 14.2. The first-order valence-corrected chi connectivity index (χ1v) is 5.33. The van der Waals surface area contributed by atoms with E-state index in [0.29, 0.717) is 17.1 Å². The van der Waals surface area contributed by atoms with E-state index in [2.05, 4.69) is 11.2 Å². The average molecular weight is 241 g/mol. The van der Waals surface area contributed by atoms with Crippen molar-refractivity contribution in [2.24, 2.45) is 5.73 Å². The Morgan fingerprint density at radius 3 is 2.75 bits per heavy atom. The summed E-state index contributed by atoms with van der Waals surface area (Å²) in [7, 11) is 0. The monoisotopic (exact) mass is 240 g/mol. The Morgan fingerprint density at radius 2 is 2.25 bits per heavy atom. The molecule has 16 heavy (non-hydrogen) atoms. The first-order valence-electron chi connectivity index (χ1n) is 4.95. The highest BCUT2D eigenvalue weighted by molar-refractivity contribution is 6.30. The molecule has 0 radical (unpaired) electrons. The van der Waals surface area contributed by atoms with Crippen molar-refractivity contribution < 1.29 is 4.39 Å². The molecule has 2 nitrogen and oxygen atoms in total. The van der Waals surface area contributed by atoms with Crippen molar-refractivity contribution in [3.8, 4) is 12.3 Å². The van der Waals surface area contributed by atoms with E-state index in [-0.39, 0.29) is 17.9 Å². The predicted octanol–water partition coefficient (Wildman–Crippen LogP) is 2.09. The number of hydrogen-bond acceptors (Lipinski definition) is 2. The summed E-state index contributed by atoms with van der Waals surface area (Å²) in [6.07, 6.45) is 5.26. The smallest absolute Gasteiger partial charge is 0.125 e. The van der Waals surface area contributed by atoms with E-state index in [1.54, 1.807) is 6.07 Å². The maximum Gasteiger partial charge on any atom is 0.125 e. The van der Waals surface area contributed by atoms with Gasteiger partial charge in [0.25, 0.3) is 0 Å². The molecule has 86 valence electrons. The summed E-state index contributed by atoms with van der Waals surface area (Å²) in [5, 5.41) is 3.45. The van der Waals surface area contributed by atoms with Crippen molar-refractivity contribution in [1.29, 1.82) is 0 Å². The molecule has 2 atom stereocenters. The molecule has 0 aromatic heterocycles. The van der Waals surface area contributed by atoms with Gasteiger partial charge in [-0.05, 0) is 30.7 Å². The number of rotatable bonds is 4. The minimum absolute atomic E-state index is 0.129. The Bertz CT molecular complexity index is 380. The summed E-state index contributed by atoms with van der Waals surface area (Å²) in [4.78, 5) is 0. The standard InChI is InChI=1S/C12H14ClFN2/c1-3-8(2)16-12(7-15)9-4-10(13)6-11(14)5-9/h1,4-6,8,12,16H,7,15H2,2H3. The Hall–Kier alpha value is -1.08. The predicted molar refractivity (Wildman–Crippen MR) is 64.6 cm³/mol. The molecule has 1 rings (SSSR count). The average Bonchev–Trinajstić information content (AvgIpc) is 2.24. The van der Waals surface area contributed by atoms with E-state index >= 15 is 0 Å². The van der Waals surface area contributed by atoms with Crippen LogP contribution in [0, 0.1) is 18.2 Å². The lowest BCUT2D eigenvalue weighted by Gasteiger charge is -2.19. The lowest BCUT2D eigenvalue weighted by atomic mass is 10.1. The summed E-state index contributed by atoms with van der Waals surface area (Å²) >= 11 is 5.77. The SMILES string of the molecule is C#CC(C)NC(CN)c1cc(F)cc(Cl)c1. The van der Waals surface area contributed by atoms with Gasteiger partial charge < -0.3 is 5.73 Å². The van der Waals surface area contributed by atoms with Crippen LogP contribution in [0.1, 0.15) is 18.5 Å². The largest absolute Gasteiger partial charge is 0.329 e. The molecule has 0 saturated heterocycles. The maximum absolute atomic E-state index is 13.2. The fraction of sp³-hybridized carbons (Fsp3) is 0.333. The summed E-state index contributed by atoms with van der Waals surface area (Å²) in [5.74, 6) is 2.16. The quantitative estimate of drug-likeness (QED) is 0.791. The van der Waals surface area contributed by atoms with Crippen molar-refractivity contribution in [3.63, 3.8) is 0 Å². The van der Waals surface area contributed by atoms with E-state index in [1.807, 2.05) is 6.92 Å². The second-order valence-corrected chi connectivity index (χ2v) is 3.98. The van der Waals surface area contributed by atoms with E-state index in [1.165, 1.54) is 12.1 Å². The van der Waals surface area contributed by atoms with Crippen molar-refractivity contribution in [3.05, 3.63) is 34.6 Å². The van der Waals surface area contributed by atoms with E-state index in [4.69, 9.17) is 23.8 Å². The van der Waals surface area contributed by atoms with Crippen LogP contribution in [-0.4, -0.2) is 12.6 Å². The Kier molecular flexibility index (Phi) is 4.75. The molecule has 1 aromatic carbocycles. The van der Waals surface area contributed by atoms with Gasteiger partial charge in [0.2, 0.25) is 0 Å². The molecule has 0 aliphatic heterocycles. The third kappa shape index (κ3) is 3.49. The minimum Gasteiger partial charge on any atom is -0.329 e. The third-order valence-corrected chi connectivity index (χ3v) is 2.44. The summed E-state index contributed by atoms with van der Waals surface area (Å²) in [5.41, 5.74) is 6.31. The summed E-state index contributed by atoms with van der Waals surface area (Å²) in [6, 6.07) is 4.01. The topological polar surface area (TPSA) is 38.0 Å². The van der Waals surface area contributed by atoms with Crippen LogP contribution >= 0.6 is 11.6 Å².